The summed E-state index contributed by atoms with van der Waals surface area (Å²) in [6.07, 6.45) is 0.722. The number of carbonyl (C=O) groups is 3. The zero-order valence-corrected chi connectivity index (χ0v) is 17.7. The Morgan fingerprint density at radius 3 is 2.55 bits per heavy atom. The number of benzene rings is 1. The summed E-state index contributed by atoms with van der Waals surface area (Å²) in [6, 6.07) is 7.06. The molecule has 2 aliphatic heterocycles. The van der Waals surface area contributed by atoms with Crippen LogP contribution in [0.5, 0.6) is 5.75 Å². The third-order valence-corrected chi connectivity index (χ3v) is 9.97. The minimum atomic E-state index is -1.20. The number of nitrogens with zero attached hydrogens (tertiary/aromatic N) is 1. The topological polar surface area (TPSA) is 128 Å². The van der Waals surface area contributed by atoms with Crippen molar-refractivity contribution in [2.75, 3.05) is 6.54 Å². The molecule has 3 N–H and O–H groups in total. The second-order valence-corrected chi connectivity index (χ2v) is 10.9. The molecule has 1 aromatic heterocycles. The van der Waals surface area contributed by atoms with Crippen molar-refractivity contribution in [3.8, 4) is 5.75 Å². The van der Waals surface area contributed by atoms with E-state index in [4.69, 9.17) is 5.11 Å². The van der Waals surface area contributed by atoms with Gasteiger partial charge in [-0.3, -0.25) is 24.1 Å². The van der Waals surface area contributed by atoms with E-state index in [9.17, 15) is 24.3 Å². The number of amides is 2. The van der Waals surface area contributed by atoms with Gasteiger partial charge in [0.25, 0.3) is 0 Å². The Kier molecular flexibility index (Phi) is 3.98. The summed E-state index contributed by atoms with van der Waals surface area (Å²) in [5, 5.41) is 20.6. The van der Waals surface area contributed by atoms with Crippen molar-refractivity contribution in [2.24, 2.45) is 29.6 Å². The molecule has 160 valence electrons. The fourth-order valence-electron chi connectivity index (χ4n) is 6.47. The van der Waals surface area contributed by atoms with Crippen molar-refractivity contribution < 1.29 is 24.6 Å². The van der Waals surface area contributed by atoms with Gasteiger partial charge in [0, 0.05) is 21.6 Å². The molecule has 8 nitrogen and oxygen atoms in total. The van der Waals surface area contributed by atoms with Gasteiger partial charge >= 0.3 is 10.8 Å². The number of phenolic OH excluding ortho intramolecular Hbond substituents is 1. The molecule has 1 aromatic carbocycles. The summed E-state index contributed by atoms with van der Waals surface area (Å²) in [4.78, 5) is 54.0. The van der Waals surface area contributed by atoms with Gasteiger partial charge in [-0.15, -0.1) is 11.8 Å². The van der Waals surface area contributed by atoms with E-state index in [0.717, 1.165) is 38.1 Å². The average molecular weight is 459 g/mol. The molecule has 1 saturated heterocycles. The zero-order chi connectivity index (χ0) is 21.6. The molecule has 3 heterocycles. The number of carboxylic acids is 1. The number of carbonyl (C=O) groups excluding carboxylic acids is 2. The van der Waals surface area contributed by atoms with Crippen LogP contribution in [0.25, 0.3) is 0 Å². The largest absolute Gasteiger partial charge is 0.508 e. The lowest BCUT2D eigenvalue weighted by molar-refractivity contribution is -0.149. The fraction of sp³-hybridized carbons (Fsp3) is 0.429. The number of nitrogens with one attached hydrogen (secondary N) is 1. The van der Waals surface area contributed by atoms with Crippen molar-refractivity contribution in [1.82, 2.24) is 9.88 Å². The molecule has 2 aromatic rings. The van der Waals surface area contributed by atoms with Gasteiger partial charge in [0.15, 0.2) is 0 Å². The van der Waals surface area contributed by atoms with Crippen molar-refractivity contribution in [3.05, 3.63) is 44.4 Å². The second kappa shape index (κ2) is 6.46. The van der Waals surface area contributed by atoms with Crippen LogP contribution in [-0.4, -0.2) is 49.7 Å². The van der Waals surface area contributed by atoms with Gasteiger partial charge in [-0.05, 0) is 30.2 Å². The van der Waals surface area contributed by atoms with Crippen LogP contribution in [0.2, 0.25) is 0 Å². The van der Waals surface area contributed by atoms with E-state index in [-0.39, 0.29) is 45.5 Å². The van der Waals surface area contributed by atoms with Gasteiger partial charge in [0.05, 0.1) is 16.9 Å². The first-order valence-corrected chi connectivity index (χ1v) is 11.8. The van der Waals surface area contributed by atoms with Crippen LogP contribution in [0.1, 0.15) is 22.8 Å². The van der Waals surface area contributed by atoms with Gasteiger partial charge in [0.2, 0.25) is 11.8 Å². The van der Waals surface area contributed by atoms with Gasteiger partial charge in [-0.1, -0.05) is 29.5 Å². The van der Waals surface area contributed by atoms with E-state index in [2.05, 4.69) is 4.98 Å². The van der Waals surface area contributed by atoms with E-state index in [0.29, 0.717) is 0 Å². The maximum atomic E-state index is 13.1. The number of thioether (sulfide) groups is 1. The minimum absolute atomic E-state index is 0.00938. The van der Waals surface area contributed by atoms with Crippen molar-refractivity contribution in [2.45, 2.75) is 22.6 Å². The Balaban J connectivity index is 1.47. The van der Waals surface area contributed by atoms with Crippen LogP contribution in [0.15, 0.2) is 34.1 Å². The number of phenols is 1. The SMILES string of the molecule is O=C(O)CN1C(=O)[C@@H]2[C@H]3C[C@@H]([C@@H]4Sc5[nH]c(=O)sc5[C@@H](c5ccccc5O)[C@@H]34)[C@H]2C1=O. The van der Waals surface area contributed by atoms with Crippen LogP contribution < -0.4 is 4.87 Å². The van der Waals surface area contributed by atoms with Crippen LogP contribution in [0.3, 0.4) is 0 Å². The van der Waals surface area contributed by atoms with E-state index in [1.165, 1.54) is 0 Å². The first-order chi connectivity index (χ1) is 14.9. The number of aromatic hydroxyl groups is 1. The Morgan fingerprint density at radius 2 is 1.84 bits per heavy atom. The van der Waals surface area contributed by atoms with Gasteiger partial charge in [-0.25, -0.2) is 0 Å². The summed E-state index contributed by atoms with van der Waals surface area (Å²) < 4.78 is 0. The number of aliphatic carboxylic acids is 1. The summed E-state index contributed by atoms with van der Waals surface area (Å²) in [7, 11) is 0. The molecule has 10 heteroatoms. The van der Waals surface area contributed by atoms with E-state index in [1.807, 2.05) is 12.1 Å². The highest BCUT2D eigenvalue weighted by Gasteiger charge is 2.69. The second-order valence-electron chi connectivity index (χ2n) is 8.68. The third-order valence-electron chi connectivity index (χ3n) is 7.38. The summed E-state index contributed by atoms with van der Waals surface area (Å²) in [5.41, 5.74) is 0.720. The van der Waals surface area contributed by atoms with E-state index < -0.39 is 30.3 Å². The Hall–Kier alpha value is -2.59. The van der Waals surface area contributed by atoms with Crippen molar-refractivity contribution in [1.29, 1.82) is 0 Å². The summed E-state index contributed by atoms with van der Waals surface area (Å²) >= 11 is 2.69. The number of hydrogen-bond donors (Lipinski definition) is 3. The molecule has 3 fully saturated rings. The monoisotopic (exact) mass is 458 g/mol. The molecule has 31 heavy (non-hydrogen) atoms. The lowest BCUT2D eigenvalue weighted by Gasteiger charge is -2.43. The Labute approximate surface area is 184 Å². The lowest BCUT2D eigenvalue weighted by atomic mass is 9.68. The maximum Gasteiger partial charge on any atom is 0.323 e. The first kappa shape index (κ1) is 19.1. The number of rotatable bonds is 3. The normalized spacial score (nSPS) is 35.2. The predicted molar refractivity (Wildman–Crippen MR) is 111 cm³/mol. The van der Waals surface area contributed by atoms with E-state index >= 15 is 0 Å². The summed E-state index contributed by atoms with van der Waals surface area (Å²) in [6.45, 7) is -0.601. The molecule has 6 rings (SSSR count). The highest BCUT2D eigenvalue weighted by atomic mass is 32.2. The standard InChI is InChI=1S/C21H18N2O6S2/c24-10-4-2-1-3-7(10)12-13-8-5-9(16(13)30-18-17(12)31-21(29)22-18)15-14(8)19(27)23(20(15)28)6-11(25)26/h1-4,8-9,12-16,24H,5-6H2,(H,22,29)(H,25,26)/t8-,9+,12-,13+,14+,15+,16-/m0/s1. The average Bonchev–Trinajstić information content (AvgIpc) is 3.44. The first-order valence-electron chi connectivity index (χ1n) is 10.1. The zero-order valence-electron chi connectivity index (χ0n) is 16.1. The van der Waals surface area contributed by atoms with Crippen LogP contribution in [0.4, 0.5) is 0 Å². The number of aromatic nitrogens is 1. The fourth-order valence-corrected chi connectivity index (χ4v) is 9.35. The number of carboxylic acid groups (broad SMARTS) is 1. The van der Waals surface area contributed by atoms with Gasteiger partial charge in [-0.2, -0.15) is 0 Å². The molecule has 0 unspecified atom stereocenters. The molecule has 2 amide bonds. The predicted octanol–water partition coefficient (Wildman–Crippen LogP) is 1.70. The Morgan fingerprint density at radius 1 is 1.13 bits per heavy atom. The maximum absolute atomic E-state index is 13.1. The molecule has 2 bridgehead atoms. The molecular weight excluding hydrogens is 440 g/mol. The third kappa shape index (κ3) is 2.48. The molecule has 4 aliphatic rings. The highest BCUT2D eigenvalue weighted by molar-refractivity contribution is 8.00. The van der Waals surface area contributed by atoms with Crippen LogP contribution in [0, 0.1) is 29.6 Å². The molecule has 7 atom stereocenters. The molecule has 2 aliphatic carbocycles. The van der Waals surface area contributed by atoms with Gasteiger partial charge < -0.3 is 15.2 Å². The number of hydrogen-bond acceptors (Lipinski definition) is 7. The number of imide groups is 1. The lowest BCUT2D eigenvalue weighted by Crippen LogP contribution is -2.42. The van der Waals surface area contributed by atoms with Crippen LogP contribution in [-0.2, 0) is 14.4 Å². The van der Waals surface area contributed by atoms with Crippen molar-refractivity contribution in [3.63, 3.8) is 0 Å². The van der Waals surface area contributed by atoms with E-state index in [1.54, 1.807) is 23.9 Å². The number of H-pyrrole nitrogens is 1. The van der Waals surface area contributed by atoms with Gasteiger partial charge in [0.1, 0.15) is 12.3 Å². The number of fused-ring (bicyclic) bond motifs is 9. The molecule has 2 saturated carbocycles. The number of para-hydroxylation sites is 1. The minimum Gasteiger partial charge on any atom is -0.508 e. The quantitative estimate of drug-likeness (QED) is 0.597. The molecule has 0 spiro atoms. The Bertz CT molecular complexity index is 1200. The smallest absolute Gasteiger partial charge is 0.323 e. The molecule has 0 radical (unpaired) electrons. The van der Waals surface area contributed by atoms with Crippen molar-refractivity contribution >= 4 is 40.9 Å². The number of thiazole rings is 1. The number of likely N-dealkylation sites (tertiary alicyclic amines) is 1. The highest BCUT2D eigenvalue weighted by Crippen LogP contribution is 2.68. The summed E-state index contributed by atoms with van der Waals surface area (Å²) in [5.74, 6) is -3.29. The van der Waals surface area contributed by atoms with Crippen LogP contribution >= 0.6 is 23.1 Å². The number of aromatic amines is 1. The molecular formula is C21H18N2O6S2.